The molecule has 0 aromatic heterocycles. The van der Waals surface area contributed by atoms with Crippen LogP contribution in [-0.4, -0.2) is 61.0 Å². The van der Waals surface area contributed by atoms with Gasteiger partial charge in [0.25, 0.3) is 5.91 Å². The van der Waals surface area contributed by atoms with Crippen LogP contribution in [0, 0.1) is 11.6 Å². The van der Waals surface area contributed by atoms with Gasteiger partial charge in [0.05, 0.1) is 5.56 Å². The van der Waals surface area contributed by atoms with Gasteiger partial charge in [0.15, 0.2) is 0 Å². The van der Waals surface area contributed by atoms with Gasteiger partial charge in [-0.2, -0.15) is 0 Å². The Balaban J connectivity index is 1.63. The zero-order valence-electron chi connectivity index (χ0n) is 11.8. The van der Waals surface area contributed by atoms with Gasteiger partial charge in [-0.15, -0.1) is 0 Å². The molecule has 0 aliphatic carbocycles. The number of nitrogens with zero attached hydrogens (tertiary/aromatic N) is 2. The van der Waals surface area contributed by atoms with Crippen molar-refractivity contribution >= 4 is 5.91 Å². The van der Waals surface area contributed by atoms with Gasteiger partial charge in [0.2, 0.25) is 0 Å². The smallest absolute Gasteiger partial charge is 0.257 e. The Morgan fingerprint density at radius 2 is 1.95 bits per heavy atom. The van der Waals surface area contributed by atoms with Gasteiger partial charge in [0, 0.05) is 38.8 Å². The Kier molecular flexibility index (Phi) is 4.17. The van der Waals surface area contributed by atoms with Crippen molar-refractivity contribution in [2.75, 3.05) is 39.3 Å². The lowest BCUT2D eigenvalue weighted by Gasteiger charge is -2.37. The molecular weight excluding hydrogens is 276 g/mol. The molecule has 2 heterocycles. The molecule has 1 N–H and O–H groups in total. The summed E-state index contributed by atoms with van der Waals surface area (Å²) in [6.45, 7) is 4.73. The molecule has 4 nitrogen and oxygen atoms in total. The van der Waals surface area contributed by atoms with E-state index < -0.39 is 17.5 Å². The van der Waals surface area contributed by atoms with E-state index in [0.29, 0.717) is 19.1 Å². The number of benzene rings is 1. The van der Waals surface area contributed by atoms with E-state index >= 15 is 0 Å². The van der Waals surface area contributed by atoms with E-state index in [0.717, 1.165) is 50.8 Å². The fraction of sp³-hybridized carbons (Fsp3) is 0.533. The van der Waals surface area contributed by atoms with Gasteiger partial charge >= 0.3 is 0 Å². The number of piperazine rings is 1. The first-order valence-corrected chi connectivity index (χ1v) is 7.34. The monoisotopic (exact) mass is 295 g/mol. The standard InChI is InChI=1S/C15H19F2N3O/c16-11-1-2-14(17)13(9-11)15(21)20-7-5-19(6-8-20)12-3-4-18-10-12/h1-2,9,12,18H,3-8,10H2. The van der Waals surface area contributed by atoms with E-state index in [9.17, 15) is 13.6 Å². The summed E-state index contributed by atoms with van der Waals surface area (Å²) < 4.78 is 26.9. The van der Waals surface area contributed by atoms with Gasteiger partial charge in [0.1, 0.15) is 11.6 Å². The molecule has 2 aliphatic heterocycles. The van der Waals surface area contributed by atoms with Gasteiger partial charge < -0.3 is 10.2 Å². The van der Waals surface area contributed by atoms with Gasteiger partial charge in [-0.3, -0.25) is 9.69 Å². The number of hydrogen-bond acceptors (Lipinski definition) is 3. The van der Waals surface area contributed by atoms with Crippen molar-refractivity contribution in [3.05, 3.63) is 35.4 Å². The molecule has 21 heavy (non-hydrogen) atoms. The highest BCUT2D eigenvalue weighted by atomic mass is 19.1. The second kappa shape index (κ2) is 6.07. The Labute approximate surface area is 122 Å². The summed E-state index contributed by atoms with van der Waals surface area (Å²) in [6, 6.07) is 3.54. The highest BCUT2D eigenvalue weighted by Crippen LogP contribution is 2.16. The molecule has 0 radical (unpaired) electrons. The number of carbonyl (C=O) groups excluding carboxylic acids is 1. The molecule has 2 aliphatic rings. The molecule has 1 atom stereocenters. The molecule has 6 heteroatoms. The summed E-state index contributed by atoms with van der Waals surface area (Å²) in [7, 11) is 0. The number of amides is 1. The molecule has 1 aromatic carbocycles. The van der Waals surface area contributed by atoms with Crippen LogP contribution in [0.4, 0.5) is 8.78 Å². The number of hydrogen-bond donors (Lipinski definition) is 1. The molecule has 2 saturated heterocycles. The molecule has 1 unspecified atom stereocenters. The summed E-state index contributed by atoms with van der Waals surface area (Å²) in [5, 5.41) is 3.33. The normalized spacial score (nSPS) is 23.5. The lowest BCUT2D eigenvalue weighted by Crippen LogP contribution is -2.52. The minimum atomic E-state index is -0.663. The van der Waals surface area contributed by atoms with Crippen molar-refractivity contribution in [3.63, 3.8) is 0 Å². The molecule has 1 aromatic rings. The highest BCUT2D eigenvalue weighted by molar-refractivity contribution is 5.94. The number of halogens is 2. The molecule has 0 saturated carbocycles. The SMILES string of the molecule is O=C(c1cc(F)ccc1F)N1CCN(C2CCNC2)CC1. The Hall–Kier alpha value is -1.53. The first-order chi connectivity index (χ1) is 10.1. The summed E-state index contributed by atoms with van der Waals surface area (Å²) in [5.74, 6) is -1.67. The summed E-state index contributed by atoms with van der Waals surface area (Å²) >= 11 is 0. The van der Waals surface area contributed by atoms with Crippen LogP contribution in [0.3, 0.4) is 0 Å². The third-order valence-corrected chi connectivity index (χ3v) is 4.31. The summed E-state index contributed by atoms with van der Waals surface area (Å²) in [5.41, 5.74) is -0.175. The van der Waals surface area contributed by atoms with Crippen molar-refractivity contribution in [3.8, 4) is 0 Å². The summed E-state index contributed by atoms with van der Waals surface area (Å²) in [6.07, 6.45) is 1.13. The average molecular weight is 295 g/mol. The topological polar surface area (TPSA) is 35.6 Å². The largest absolute Gasteiger partial charge is 0.336 e. The first kappa shape index (κ1) is 14.4. The fourth-order valence-corrected chi connectivity index (χ4v) is 3.07. The highest BCUT2D eigenvalue weighted by Gasteiger charge is 2.29. The number of nitrogens with one attached hydrogen (secondary N) is 1. The zero-order valence-corrected chi connectivity index (χ0v) is 11.8. The average Bonchev–Trinajstić information content (AvgIpc) is 3.03. The quantitative estimate of drug-likeness (QED) is 0.887. The van der Waals surface area contributed by atoms with Crippen molar-refractivity contribution in [2.24, 2.45) is 0 Å². The maximum Gasteiger partial charge on any atom is 0.257 e. The fourth-order valence-electron chi connectivity index (χ4n) is 3.07. The molecule has 114 valence electrons. The molecule has 0 bridgehead atoms. The minimum absolute atomic E-state index is 0.175. The summed E-state index contributed by atoms with van der Waals surface area (Å²) in [4.78, 5) is 16.3. The van der Waals surface area contributed by atoms with Crippen LogP contribution in [0.2, 0.25) is 0 Å². The maximum atomic E-state index is 13.7. The molecule has 2 fully saturated rings. The van der Waals surface area contributed by atoms with E-state index in [1.54, 1.807) is 4.90 Å². The molecule has 0 spiro atoms. The van der Waals surface area contributed by atoms with Gasteiger partial charge in [-0.25, -0.2) is 8.78 Å². The van der Waals surface area contributed by atoms with Crippen molar-refractivity contribution in [1.29, 1.82) is 0 Å². The van der Waals surface area contributed by atoms with Crippen LogP contribution in [0.15, 0.2) is 18.2 Å². The lowest BCUT2D eigenvalue weighted by atomic mass is 10.1. The van der Waals surface area contributed by atoms with Crippen LogP contribution >= 0.6 is 0 Å². The Morgan fingerprint density at radius 3 is 2.62 bits per heavy atom. The Bertz CT molecular complexity index is 524. The van der Waals surface area contributed by atoms with Crippen LogP contribution in [0.1, 0.15) is 16.8 Å². The first-order valence-electron chi connectivity index (χ1n) is 7.34. The lowest BCUT2D eigenvalue weighted by molar-refractivity contribution is 0.0579. The van der Waals surface area contributed by atoms with Gasteiger partial charge in [-0.1, -0.05) is 0 Å². The molecule has 3 rings (SSSR count). The van der Waals surface area contributed by atoms with Gasteiger partial charge in [-0.05, 0) is 31.2 Å². The van der Waals surface area contributed by atoms with Crippen LogP contribution in [-0.2, 0) is 0 Å². The maximum absolute atomic E-state index is 13.7. The van der Waals surface area contributed by atoms with Crippen LogP contribution < -0.4 is 5.32 Å². The van der Waals surface area contributed by atoms with Crippen molar-refractivity contribution < 1.29 is 13.6 Å². The molecule has 1 amide bonds. The van der Waals surface area contributed by atoms with E-state index in [-0.39, 0.29) is 5.56 Å². The van der Waals surface area contributed by atoms with E-state index in [2.05, 4.69) is 10.2 Å². The van der Waals surface area contributed by atoms with E-state index in [1.165, 1.54) is 0 Å². The predicted molar refractivity (Wildman–Crippen MR) is 75.1 cm³/mol. The molecular formula is C15H19F2N3O. The minimum Gasteiger partial charge on any atom is -0.336 e. The van der Waals surface area contributed by atoms with E-state index in [4.69, 9.17) is 0 Å². The van der Waals surface area contributed by atoms with Crippen LogP contribution in [0.5, 0.6) is 0 Å². The van der Waals surface area contributed by atoms with Crippen LogP contribution in [0.25, 0.3) is 0 Å². The zero-order chi connectivity index (χ0) is 14.8. The second-order valence-corrected chi connectivity index (χ2v) is 5.60. The predicted octanol–water partition coefficient (Wildman–Crippen LogP) is 1.08. The number of rotatable bonds is 2. The Morgan fingerprint density at radius 1 is 1.19 bits per heavy atom. The second-order valence-electron chi connectivity index (χ2n) is 5.60. The third-order valence-electron chi connectivity index (χ3n) is 4.31. The third kappa shape index (κ3) is 3.06. The number of carbonyl (C=O) groups is 1. The van der Waals surface area contributed by atoms with E-state index in [1.807, 2.05) is 0 Å². The van der Waals surface area contributed by atoms with Crippen molar-refractivity contribution in [1.82, 2.24) is 15.1 Å². The van der Waals surface area contributed by atoms with Crippen molar-refractivity contribution in [2.45, 2.75) is 12.5 Å².